The molecule has 0 heterocycles. The average molecular weight is 298 g/mol. The number of hydrogen-bond acceptors (Lipinski definition) is 5. The van der Waals surface area contributed by atoms with Crippen molar-refractivity contribution in [2.75, 3.05) is 33.5 Å². The van der Waals surface area contributed by atoms with Crippen molar-refractivity contribution in [3.05, 3.63) is 29.3 Å². The van der Waals surface area contributed by atoms with Gasteiger partial charge >= 0.3 is 0 Å². The minimum absolute atomic E-state index is 0.119. The molecule has 0 spiro atoms. The minimum Gasteiger partial charge on any atom is -0.382 e. The van der Waals surface area contributed by atoms with Gasteiger partial charge in [-0.25, -0.2) is 13.1 Å². The Hall–Kier alpha value is -1.46. The van der Waals surface area contributed by atoms with E-state index in [0.717, 1.165) is 0 Å². The lowest BCUT2D eigenvalue weighted by molar-refractivity contribution is 0.0736. The number of aryl methyl sites for hydroxylation is 1. The van der Waals surface area contributed by atoms with Crippen LogP contribution in [0, 0.1) is 18.3 Å². The molecule has 0 aliphatic rings. The zero-order chi connectivity index (χ0) is 15.0. The summed E-state index contributed by atoms with van der Waals surface area (Å²) in [7, 11) is -2.06. The fourth-order valence-corrected chi connectivity index (χ4v) is 2.81. The first-order chi connectivity index (χ1) is 9.51. The van der Waals surface area contributed by atoms with E-state index < -0.39 is 10.0 Å². The molecule has 0 radical (unpaired) electrons. The van der Waals surface area contributed by atoms with Gasteiger partial charge in [-0.05, 0) is 24.6 Å². The molecule has 0 amide bonds. The third kappa shape index (κ3) is 4.90. The third-order valence-corrected chi connectivity index (χ3v) is 4.18. The van der Waals surface area contributed by atoms with E-state index in [1.54, 1.807) is 26.2 Å². The maximum Gasteiger partial charge on any atom is 0.240 e. The van der Waals surface area contributed by atoms with Crippen molar-refractivity contribution in [2.45, 2.75) is 11.8 Å². The lowest BCUT2D eigenvalue weighted by atomic mass is 10.2. The van der Waals surface area contributed by atoms with E-state index in [9.17, 15) is 8.42 Å². The summed E-state index contributed by atoms with van der Waals surface area (Å²) < 4.78 is 36.6. The van der Waals surface area contributed by atoms with Gasteiger partial charge in [0, 0.05) is 13.7 Å². The number of benzene rings is 1. The molecular weight excluding hydrogens is 280 g/mol. The van der Waals surface area contributed by atoms with Gasteiger partial charge in [-0.3, -0.25) is 0 Å². The van der Waals surface area contributed by atoms with Crippen LogP contribution in [0.4, 0.5) is 0 Å². The van der Waals surface area contributed by atoms with Crippen molar-refractivity contribution in [1.82, 2.24) is 4.72 Å². The molecule has 0 aliphatic heterocycles. The normalized spacial score (nSPS) is 11.2. The van der Waals surface area contributed by atoms with Crippen LogP contribution in [0.3, 0.4) is 0 Å². The molecule has 1 rings (SSSR count). The number of nitrogens with one attached hydrogen (secondary N) is 1. The van der Waals surface area contributed by atoms with Crippen molar-refractivity contribution < 1.29 is 17.9 Å². The molecular formula is C13H18N2O4S. The zero-order valence-corrected chi connectivity index (χ0v) is 12.4. The van der Waals surface area contributed by atoms with Crippen LogP contribution >= 0.6 is 0 Å². The molecule has 0 atom stereocenters. The van der Waals surface area contributed by atoms with Crippen molar-refractivity contribution in [2.24, 2.45) is 0 Å². The fraction of sp³-hybridized carbons (Fsp3) is 0.462. The first-order valence-corrected chi connectivity index (χ1v) is 7.56. The van der Waals surface area contributed by atoms with Gasteiger partial charge in [0.2, 0.25) is 10.0 Å². The number of rotatable bonds is 8. The van der Waals surface area contributed by atoms with Crippen LogP contribution in [-0.4, -0.2) is 41.9 Å². The molecule has 6 nitrogen and oxygen atoms in total. The molecule has 0 saturated carbocycles. The van der Waals surface area contributed by atoms with Gasteiger partial charge in [-0.2, -0.15) is 5.26 Å². The van der Waals surface area contributed by atoms with Gasteiger partial charge in [0.05, 0.1) is 36.3 Å². The summed E-state index contributed by atoms with van der Waals surface area (Å²) >= 11 is 0. The van der Waals surface area contributed by atoms with E-state index in [1.807, 2.05) is 6.07 Å². The number of nitriles is 1. The lowest BCUT2D eigenvalue weighted by Crippen LogP contribution is -2.28. The van der Waals surface area contributed by atoms with E-state index in [-0.39, 0.29) is 18.0 Å². The Morgan fingerprint density at radius 3 is 2.70 bits per heavy atom. The van der Waals surface area contributed by atoms with Crippen molar-refractivity contribution in [3.63, 3.8) is 0 Å². The standard InChI is InChI=1S/C13H18N2O4S/c1-11-3-4-12(10-14)9-13(11)20(16,17)15-5-6-19-8-7-18-2/h3-4,9,15H,5-8H2,1-2H3. The molecule has 20 heavy (non-hydrogen) atoms. The van der Waals surface area contributed by atoms with E-state index in [1.165, 1.54) is 6.07 Å². The highest BCUT2D eigenvalue weighted by molar-refractivity contribution is 7.89. The third-order valence-electron chi connectivity index (χ3n) is 2.58. The Bertz CT molecular complexity index is 579. The Balaban J connectivity index is 2.63. The maximum absolute atomic E-state index is 12.1. The summed E-state index contributed by atoms with van der Waals surface area (Å²) in [5.74, 6) is 0. The topological polar surface area (TPSA) is 88.4 Å². The van der Waals surface area contributed by atoms with Gasteiger partial charge in [0.15, 0.2) is 0 Å². The Morgan fingerprint density at radius 2 is 2.05 bits per heavy atom. The summed E-state index contributed by atoms with van der Waals surface area (Å²) in [6, 6.07) is 6.49. The highest BCUT2D eigenvalue weighted by Crippen LogP contribution is 2.16. The number of nitrogens with zero attached hydrogens (tertiary/aromatic N) is 1. The Kier molecular flexibility index (Phi) is 6.61. The fourth-order valence-electron chi connectivity index (χ4n) is 1.53. The Morgan fingerprint density at radius 1 is 1.30 bits per heavy atom. The lowest BCUT2D eigenvalue weighted by Gasteiger charge is -2.10. The van der Waals surface area contributed by atoms with Gasteiger partial charge in [0.25, 0.3) is 0 Å². The molecule has 0 bridgehead atoms. The second-order valence-electron chi connectivity index (χ2n) is 4.10. The predicted molar refractivity (Wildman–Crippen MR) is 73.8 cm³/mol. The summed E-state index contributed by atoms with van der Waals surface area (Å²) in [5.41, 5.74) is 0.907. The van der Waals surface area contributed by atoms with Crippen LogP contribution in [0.1, 0.15) is 11.1 Å². The number of methoxy groups -OCH3 is 1. The highest BCUT2D eigenvalue weighted by atomic mass is 32.2. The SMILES string of the molecule is COCCOCCNS(=O)(=O)c1cc(C#N)ccc1C. The largest absolute Gasteiger partial charge is 0.382 e. The van der Waals surface area contributed by atoms with Crippen molar-refractivity contribution >= 4 is 10.0 Å². The molecule has 7 heteroatoms. The molecule has 0 aliphatic carbocycles. The van der Waals surface area contributed by atoms with Crippen LogP contribution in [0.2, 0.25) is 0 Å². The van der Waals surface area contributed by atoms with Gasteiger partial charge in [-0.1, -0.05) is 6.07 Å². The summed E-state index contributed by atoms with van der Waals surface area (Å²) in [4.78, 5) is 0.119. The van der Waals surface area contributed by atoms with Crippen LogP contribution in [0.15, 0.2) is 23.1 Å². The van der Waals surface area contributed by atoms with Gasteiger partial charge in [0.1, 0.15) is 0 Å². The maximum atomic E-state index is 12.1. The molecule has 0 unspecified atom stereocenters. The van der Waals surface area contributed by atoms with Gasteiger partial charge in [-0.15, -0.1) is 0 Å². The summed E-state index contributed by atoms with van der Waals surface area (Å²) in [5, 5.41) is 8.82. The van der Waals surface area contributed by atoms with Crippen LogP contribution < -0.4 is 4.72 Å². The minimum atomic E-state index is -3.63. The second kappa shape index (κ2) is 7.97. The first kappa shape index (κ1) is 16.6. The van der Waals surface area contributed by atoms with Crippen LogP contribution in [0.25, 0.3) is 0 Å². The van der Waals surface area contributed by atoms with Crippen LogP contribution in [-0.2, 0) is 19.5 Å². The molecule has 1 aromatic rings. The molecule has 0 saturated heterocycles. The van der Waals surface area contributed by atoms with E-state index in [0.29, 0.717) is 24.3 Å². The summed E-state index contributed by atoms with van der Waals surface area (Å²) in [6.45, 7) is 3.00. The predicted octanol–water partition coefficient (Wildman–Crippen LogP) is 0.808. The Labute approximate surface area is 119 Å². The monoisotopic (exact) mass is 298 g/mol. The quantitative estimate of drug-likeness (QED) is 0.717. The average Bonchev–Trinajstić information content (AvgIpc) is 2.43. The number of sulfonamides is 1. The summed E-state index contributed by atoms with van der Waals surface area (Å²) in [6.07, 6.45) is 0. The van der Waals surface area contributed by atoms with Crippen molar-refractivity contribution in [1.29, 1.82) is 5.26 Å². The van der Waals surface area contributed by atoms with Crippen molar-refractivity contribution in [3.8, 4) is 6.07 Å². The van der Waals surface area contributed by atoms with Gasteiger partial charge < -0.3 is 9.47 Å². The smallest absolute Gasteiger partial charge is 0.240 e. The molecule has 0 fully saturated rings. The second-order valence-corrected chi connectivity index (χ2v) is 5.83. The molecule has 1 N–H and O–H groups in total. The van der Waals surface area contributed by atoms with E-state index in [2.05, 4.69) is 4.72 Å². The number of ether oxygens (including phenoxy) is 2. The molecule has 1 aromatic carbocycles. The first-order valence-electron chi connectivity index (χ1n) is 6.08. The van der Waals surface area contributed by atoms with E-state index in [4.69, 9.17) is 14.7 Å². The molecule has 110 valence electrons. The zero-order valence-electron chi connectivity index (χ0n) is 11.5. The van der Waals surface area contributed by atoms with E-state index >= 15 is 0 Å². The highest BCUT2D eigenvalue weighted by Gasteiger charge is 2.16. The van der Waals surface area contributed by atoms with Crippen LogP contribution in [0.5, 0.6) is 0 Å². The molecule has 0 aromatic heterocycles. The number of hydrogen-bond donors (Lipinski definition) is 1.